The summed E-state index contributed by atoms with van der Waals surface area (Å²) < 4.78 is 0. The van der Waals surface area contributed by atoms with Crippen molar-refractivity contribution >= 4 is 5.91 Å². The van der Waals surface area contributed by atoms with Gasteiger partial charge in [-0.3, -0.25) is 4.79 Å². The maximum Gasteiger partial charge on any atom is 0.239 e. The molecule has 14 heavy (non-hydrogen) atoms. The van der Waals surface area contributed by atoms with Crippen molar-refractivity contribution < 1.29 is 9.90 Å². The first kappa shape index (κ1) is 11.5. The molecule has 4 nitrogen and oxygen atoms in total. The van der Waals surface area contributed by atoms with Gasteiger partial charge in [0, 0.05) is 20.1 Å². The molecule has 0 aromatic heterocycles. The molecule has 4 heteroatoms. The number of hydrogen-bond donors (Lipinski definition) is 2. The van der Waals surface area contributed by atoms with Crippen molar-refractivity contribution in [2.24, 2.45) is 5.92 Å². The predicted molar refractivity (Wildman–Crippen MR) is 54.9 cm³/mol. The number of aliphatic hydroxyl groups excluding tert-OH is 1. The van der Waals surface area contributed by atoms with Crippen molar-refractivity contribution in [1.82, 2.24) is 10.2 Å². The van der Waals surface area contributed by atoms with E-state index in [-0.39, 0.29) is 18.1 Å². The zero-order valence-electron chi connectivity index (χ0n) is 9.16. The van der Waals surface area contributed by atoms with Gasteiger partial charge in [-0.15, -0.1) is 0 Å². The van der Waals surface area contributed by atoms with Crippen LogP contribution in [0.4, 0.5) is 0 Å². The summed E-state index contributed by atoms with van der Waals surface area (Å²) in [6.45, 7) is 5.47. The summed E-state index contributed by atoms with van der Waals surface area (Å²) in [6, 6.07) is -0.186. The van der Waals surface area contributed by atoms with E-state index in [2.05, 4.69) is 19.2 Å². The first-order chi connectivity index (χ1) is 6.50. The highest BCUT2D eigenvalue weighted by Gasteiger charge is 2.29. The minimum absolute atomic E-state index is 0.0928. The number of β-amino-alcohol motifs (C(OH)–C–C–N with tert-alkyl or cyclic N) is 1. The Kier molecular flexibility index (Phi) is 3.89. The first-order valence-corrected chi connectivity index (χ1v) is 5.17. The van der Waals surface area contributed by atoms with Gasteiger partial charge in [0.15, 0.2) is 0 Å². The number of carbonyl (C=O) groups excluding carboxylic acids is 1. The van der Waals surface area contributed by atoms with E-state index in [4.69, 9.17) is 0 Å². The van der Waals surface area contributed by atoms with Crippen molar-refractivity contribution in [3.05, 3.63) is 0 Å². The van der Waals surface area contributed by atoms with Gasteiger partial charge < -0.3 is 15.3 Å². The Hall–Kier alpha value is -0.610. The summed E-state index contributed by atoms with van der Waals surface area (Å²) in [5.74, 6) is 0.575. The highest BCUT2D eigenvalue weighted by atomic mass is 16.3. The lowest BCUT2D eigenvalue weighted by atomic mass is 10.1. The lowest BCUT2D eigenvalue weighted by Crippen LogP contribution is -2.42. The van der Waals surface area contributed by atoms with E-state index in [1.165, 1.54) is 0 Å². The van der Waals surface area contributed by atoms with Crippen molar-refractivity contribution in [2.45, 2.75) is 32.4 Å². The Balaban J connectivity index is 2.40. The summed E-state index contributed by atoms with van der Waals surface area (Å²) in [5, 5.41) is 12.3. The molecule has 0 unspecified atom stereocenters. The Morgan fingerprint density at radius 3 is 2.71 bits per heavy atom. The number of likely N-dealkylation sites (N-methyl/N-ethyl adjacent to an activating group) is 1. The third-order valence-corrected chi connectivity index (χ3v) is 2.42. The van der Waals surface area contributed by atoms with Crippen LogP contribution >= 0.6 is 0 Å². The van der Waals surface area contributed by atoms with E-state index >= 15 is 0 Å². The summed E-state index contributed by atoms with van der Waals surface area (Å²) in [4.78, 5) is 13.5. The standard InChI is InChI=1S/C10H20N2O2/c1-7(2)6-12(3)10(14)9-4-8(13)5-11-9/h7-9,11,13H,4-6H2,1-3H3/t8-,9+/m0/s1. The third kappa shape index (κ3) is 2.96. The summed E-state index contributed by atoms with van der Waals surface area (Å²) in [6.07, 6.45) is 0.178. The number of hydrogen-bond acceptors (Lipinski definition) is 3. The van der Waals surface area contributed by atoms with Crippen molar-refractivity contribution in [3.8, 4) is 0 Å². The second-order valence-corrected chi connectivity index (χ2v) is 4.46. The fourth-order valence-corrected chi connectivity index (χ4v) is 1.81. The normalized spacial score (nSPS) is 26.9. The van der Waals surface area contributed by atoms with Crippen LogP contribution in [-0.4, -0.2) is 48.2 Å². The third-order valence-electron chi connectivity index (χ3n) is 2.42. The predicted octanol–water partition coefficient (Wildman–Crippen LogP) is -0.176. The Bertz CT molecular complexity index is 206. The van der Waals surface area contributed by atoms with Gasteiger partial charge in [-0.05, 0) is 12.3 Å². The van der Waals surface area contributed by atoms with Crippen LogP contribution in [0.1, 0.15) is 20.3 Å². The Morgan fingerprint density at radius 2 is 2.29 bits per heavy atom. The molecule has 1 aliphatic rings. The SMILES string of the molecule is CC(C)CN(C)C(=O)[C@H]1C[C@H](O)CN1. The first-order valence-electron chi connectivity index (χ1n) is 5.17. The lowest BCUT2D eigenvalue weighted by Gasteiger charge is -2.22. The molecule has 0 aliphatic carbocycles. The minimum atomic E-state index is -0.364. The smallest absolute Gasteiger partial charge is 0.239 e. The summed E-state index contributed by atoms with van der Waals surface area (Å²) in [7, 11) is 1.81. The Morgan fingerprint density at radius 1 is 1.64 bits per heavy atom. The van der Waals surface area contributed by atoms with Crippen LogP contribution in [0.2, 0.25) is 0 Å². The van der Waals surface area contributed by atoms with Gasteiger partial charge in [-0.1, -0.05) is 13.8 Å². The maximum absolute atomic E-state index is 11.8. The van der Waals surface area contributed by atoms with Crippen LogP contribution in [-0.2, 0) is 4.79 Å². The molecule has 82 valence electrons. The van der Waals surface area contributed by atoms with E-state index in [1.54, 1.807) is 4.90 Å². The van der Waals surface area contributed by atoms with Crippen LogP contribution in [0.25, 0.3) is 0 Å². The second-order valence-electron chi connectivity index (χ2n) is 4.46. The van der Waals surface area contributed by atoms with Gasteiger partial charge in [-0.2, -0.15) is 0 Å². The molecule has 1 amide bonds. The average molecular weight is 200 g/mol. The van der Waals surface area contributed by atoms with E-state index in [1.807, 2.05) is 7.05 Å². The summed E-state index contributed by atoms with van der Waals surface area (Å²) in [5.41, 5.74) is 0. The lowest BCUT2D eigenvalue weighted by molar-refractivity contribution is -0.132. The second kappa shape index (κ2) is 4.75. The average Bonchev–Trinajstić information content (AvgIpc) is 2.49. The molecule has 0 spiro atoms. The quantitative estimate of drug-likeness (QED) is 0.664. The minimum Gasteiger partial charge on any atom is -0.392 e. The highest BCUT2D eigenvalue weighted by Crippen LogP contribution is 2.09. The molecule has 1 fully saturated rings. The number of rotatable bonds is 3. The molecule has 2 N–H and O–H groups in total. The zero-order chi connectivity index (χ0) is 10.7. The van der Waals surface area contributed by atoms with Crippen LogP contribution < -0.4 is 5.32 Å². The summed E-state index contributed by atoms with van der Waals surface area (Å²) >= 11 is 0. The largest absolute Gasteiger partial charge is 0.392 e. The molecule has 0 radical (unpaired) electrons. The van der Waals surface area contributed by atoms with Gasteiger partial charge in [0.2, 0.25) is 5.91 Å². The topological polar surface area (TPSA) is 52.6 Å². The number of aliphatic hydroxyl groups is 1. The van der Waals surface area contributed by atoms with Crippen LogP contribution in [0.5, 0.6) is 0 Å². The fourth-order valence-electron chi connectivity index (χ4n) is 1.81. The molecule has 1 saturated heterocycles. The molecular formula is C10H20N2O2. The van der Waals surface area contributed by atoms with Gasteiger partial charge in [-0.25, -0.2) is 0 Å². The van der Waals surface area contributed by atoms with Crippen LogP contribution in [0, 0.1) is 5.92 Å². The molecule has 1 heterocycles. The van der Waals surface area contributed by atoms with Gasteiger partial charge in [0.1, 0.15) is 0 Å². The Labute approximate surface area is 85.3 Å². The molecular weight excluding hydrogens is 180 g/mol. The molecule has 0 aromatic carbocycles. The van der Waals surface area contributed by atoms with E-state index in [0.717, 1.165) is 6.54 Å². The number of nitrogens with one attached hydrogen (secondary N) is 1. The van der Waals surface area contributed by atoms with Gasteiger partial charge in [0.25, 0.3) is 0 Å². The van der Waals surface area contributed by atoms with Gasteiger partial charge >= 0.3 is 0 Å². The monoisotopic (exact) mass is 200 g/mol. The van der Waals surface area contributed by atoms with Crippen molar-refractivity contribution in [3.63, 3.8) is 0 Å². The maximum atomic E-state index is 11.8. The van der Waals surface area contributed by atoms with Crippen molar-refractivity contribution in [1.29, 1.82) is 0 Å². The molecule has 2 atom stereocenters. The van der Waals surface area contributed by atoms with E-state index in [9.17, 15) is 9.90 Å². The highest BCUT2D eigenvalue weighted by molar-refractivity contribution is 5.82. The van der Waals surface area contributed by atoms with Crippen molar-refractivity contribution in [2.75, 3.05) is 20.1 Å². The molecule has 1 rings (SSSR count). The zero-order valence-corrected chi connectivity index (χ0v) is 9.16. The number of amides is 1. The number of nitrogens with zero attached hydrogens (tertiary/aromatic N) is 1. The molecule has 1 aliphatic heterocycles. The van der Waals surface area contributed by atoms with E-state index < -0.39 is 0 Å². The fraction of sp³-hybridized carbons (Fsp3) is 0.900. The van der Waals surface area contributed by atoms with Crippen LogP contribution in [0.15, 0.2) is 0 Å². The number of carbonyl (C=O) groups is 1. The molecule has 0 aromatic rings. The molecule has 0 bridgehead atoms. The van der Waals surface area contributed by atoms with E-state index in [0.29, 0.717) is 18.9 Å². The molecule has 0 saturated carbocycles. The van der Waals surface area contributed by atoms with Crippen LogP contribution in [0.3, 0.4) is 0 Å². The van der Waals surface area contributed by atoms with Gasteiger partial charge in [0.05, 0.1) is 12.1 Å².